The van der Waals surface area contributed by atoms with Gasteiger partial charge < -0.3 is 4.74 Å². The monoisotopic (exact) mass is 401 g/mol. The molecule has 148 valence electrons. The highest BCUT2D eigenvalue weighted by Gasteiger charge is 2.32. The number of ether oxygens (including phenoxy) is 1. The molecule has 1 atom stereocenters. The van der Waals surface area contributed by atoms with E-state index >= 15 is 0 Å². The largest absolute Gasteiger partial charge is 0.375 e. The van der Waals surface area contributed by atoms with E-state index < -0.39 is 10.0 Å². The number of aryl methyl sites for hydroxylation is 1. The number of anilines is 1. The first kappa shape index (κ1) is 20.0. The van der Waals surface area contributed by atoms with Crippen LogP contribution in [0.5, 0.6) is 0 Å². The molecule has 1 heterocycles. The summed E-state index contributed by atoms with van der Waals surface area (Å²) in [5.74, 6) is -0.210. The first-order valence-corrected chi connectivity index (χ1v) is 10.7. The van der Waals surface area contributed by atoms with Gasteiger partial charge in [-0.05, 0) is 30.2 Å². The van der Waals surface area contributed by atoms with Gasteiger partial charge in [-0.1, -0.05) is 42.0 Å². The van der Waals surface area contributed by atoms with Crippen molar-refractivity contribution >= 4 is 27.3 Å². The van der Waals surface area contributed by atoms with Crippen molar-refractivity contribution in [3.8, 4) is 0 Å². The van der Waals surface area contributed by atoms with Crippen molar-refractivity contribution in [1.29, 1.82) is 0 Å². The Balaban J connectivity index is 1.87. The Morgan fingerprint density at radius 1 is 1.18 bits per heavy atom. The molecular formula is C20H23N3O4S. The molecule has 2 aromatic rings. The zero-order valence-corrected chi connectivity index (χ0v) is 16.9. The summed E-state index contributed by atoms with van der Waals surface area (Å²) >= 11 is 0. The van der Waals surface area contributed by atoms with Crippen LogP contribution in [0, 0.1) is 6.92 Å². The van der Waals surface area contributed by atoms with Crippen molar-refractivity contribution in [3.63, 3.8) is 0 Å². The molecule has 7 nitrogen and oxygen atoms in total. The maximum Gasteiger partial charge on any atom is 0.269 e. The molecular weight excluding hydrogens is 378 g/mol. The summed E-state index contributed by atoms with van der Waals surface area (Å²) in [6.45, 7) is 1.97. The third-order valence-corrected chi connectivity index (χ3v) is 5.02. The molecule has 0 saturated carbocycles. The third kappa shape index (κ3) is 4.76. The lowest BCUT2D eigenvalue weighted by molar-refractivity contribution is -0.137. The molecule has 1 aliphatic heterocycles. The van der Waals surface area contributed by atoms with Gasteiger partial charge in [0.2, 0.25) is 10.0 Å². The summed E-state index contributed by atoms with van der Waals surface area (Å²) in [5.41, 5.74) is 4.23. The van der Waals surface area contributed by atoms with Crippen molar-refractivity contribution in [3.05, 3.63) is 65.2 Å². The highest BCUT2D eigenvalue weighted by atomic mass is 32.2. The van der Waals surface area contributed by atoms with Crippen molar-refractivity contribution < 1.29 is 17.9 Å². The minimum Gasteiger partial charge on any atom is -0.375 e. The van der Waals surface area contributed by atoms with Gasteiger partial charge >= 0.3 is 0 Å². The van der Waals surface area contributed by atoms with Crippen molar-refractivity contribution in [2.45, 2.75) is 19.4 Å². The number of carbonyl (C=O) groups excluding carboxylic acids is 1. The van der Waals surface area contributed by atoms with Crippen LogP contribution in [0.25, 0.3) is 0 Å². The zero-order valence-electron chi connectivity index (χ0n) is 16.0. The molecule has 2 aromatic carbocycles. The number of sulfonamides is 1. The van der Waals surface area contributed by atoms with E-state index in [1.807, 2.05) is 31.2 Å². The summed E-state index contributed by atoms with van der Waals surface area (Å²) in [4.78, 5) is 12.5. The normalized spacial score (nSPS) is 16.8. The molecule has 8 heteroatoms. The van der Waals surface area contributed by atoms with E-state index in [-0.39, 0.29) is 18.6 Å². The third-order valence-electron chi connectivity index (χ3n) is 4.42. The molecule has 0 saturated heterocycles. The van der Waals surface area contributed by atoms with Gasteiger partial charge in [0.15, 0.2) is 0 Å². The van der Waals surface area contributed by atoms with E-state index in [2.05, 4.69) is 9.82 Å². The second kappa shape index (κ2) is 8.12. The Morgan fingerprint density at radius 2 is 1.82 bits per heavy atom. The first-order chi connectivity index (χ1) is 13.3. The SMILES string of the molecule is COCC(=O)N1N=C(c2ccc(NS(C)(=O)=O)cc2)C[C@@H]1c1ccc(C)cc1. The van der Waals surface area contributed by atoms with E-state index in [0.717, 1.165) is 28.7 Å². The lowest BCUT2D eigenvalue weighted by Gasteiger charge is -2.21. The van der Waals surface area contributed by atoms with Crippen LogP contribution in [-0.4, -0.2) is 45.0 Å². The molecule has 3 rings (SSSR count). The number of hydrogen-bond donors (Lipinski definition) is 1. The van der Waals surface area contributed by atoms with Crippen LogP contribution in [0.4, 0.5) is 5.69 Å². The topological polar surface area (TPSA) is 88.1 Å². The standard InChI is InChI=1S/C20H23N3O4S/c1-14-4-6-16(7-5-14)19-12-18(21-23(19)20(24)13-27-2)15-8-10-17(11-9-15)22-28(3,25)26/h4-11,19,22H,12-13H2,1-3H3/t19-/m1/s1. The van der Waals surface area contributed by atoms with Crippen LogP contribution in [0.2, 0.25) is 0 Å². The second-order valence-corrected chi connectivity index (χ2v) is 8.55. The maximum absolute atomic E-state index is 12.5. The van der Waals surface area contributed by atoms with Gasteiger partial charge in [0.25, 0.3) is 5.91 Å². The quantitative estimate of drug-likeness (QED) is 0.806. The van der Waals surface area contributed by atoms with Crippen LogP contribution < -0.4 is 4.72 Å². The van der Waals surface area contributed by atoms with Crippen LogP contribution >= 0.6 is 0 Å². The lowest BCUT2D eigenvalue weighted by Crippen LogP contribution is -2.30. The summed E-state index contributed by atoms with van der Waals surface area (Å²) in [5, 5.41) is 6.02. The predicted molar refractivity (Wildman–Crippen MR) is 109 cm³/mol. The van der Waals surface area contributed by atoms with Crippen LogP contribution in [0.3, 0.4) is 0 Å². The molecule has 28 heavy (non-hydrogen) atoms. The Morgan fingerprint density at radius 3 is 2.39 bits per heavy atom. The number of rotatable bonds is 6. The average molecular weight is 401 g/mol. The highest BCUT2D eigenvalue weighted by Crippen LogP contribution is 2.33. The van der Waals surface area contributed by atoms with Gasteiger partial charge in [-0.3, -0.25) is 9.52 Å². The molecule has 1 aliphatic rings. The van der Waals surface area contributed by atoms with Crippen molar-refractivity contribution in [2.24, 2.45) is 5.10 Å². The Labute approximate surface area is 165 Å². The molecule has 0 aromatic heterocycles. The first-order valence-electron chi connectivity index (χ1n) is 8.80. The second-order valence-electron chi connectivity index (χ2n) is 6.80. The lowest BCUT2D eigenvalue weighted by atomic mass is 9.97. The fraction of sp³-hybridized carbons (Fsp3) is 0.300. The van der Waals surface area contributed by atoms with E-state index in [0.29, 0.717) is 12.1 Å². The van der Waals surface area contributed by atoms with Gasteiger partial charge in [0, 0.05) is 19.2 Å². The Kier molecular flexibility index (Phi) is 5.81. The van der Waals surface area contributed by atoms with Gasteiger partial charge in [-0.15, -0.1) is 0 Å². The van der Waals surface area contributed by atoms with Crippen molar-refractivity contribution in [2.75, 3.05) is 24.7 Å². The number of amides is 1. The number of nitrogens with one attached hydrogen (secondary N) is 1. The number of carbonyl (C=O) groups is 1. The van der Waals surface area contributed by atoms with Crippen LogP contribution in [-0.2, 0) is 19.6 Å². The molecule has 0 aliphatic carbocycles. The molecule has 0 fully saturated rings. The van der Waals surface area contributed by atoms with Gasteiger partial charge in [-0.2, -0.15) is 5.10 Å². The summed E-state index contributed by atoms with van der Waals surface area (Å²) in [7, 11) is -1.85. The highest BCUT2D eigenvalue weighted by molar-refractivity contribution is 7.92. The fourth-order valence-corrected chi connectivity index (χ4v) is 3.66. The number of hydrazone groups is 1. The summed E-state index contributed by atoms with van der Waals surface area (Å²) < 4.78 is 30.1. The predicted octanol–water partition coefficient (Wildman–Crippen LogP) is 2.69. The van der Waals surface area contributed by atoms with E-state index in [9.17, 15) is 13.2 Å². The Bertz CT molecular complexity index is 983. The number of benzene rings is 2. The Hall–Kier alpha value is -2.71. The van der Waals surface area contributed by atoms with Gasteiger partial charge in [0.05, 0.1) is 18.0 Å². The molecule has 0 bridgehead atoms. The molecule has 0 unspecified atom stereocenters. The minimum absolute atomic E-state index is 0.0453. The van der Waals surface area contributed by atoms with Crippen LogP contribution in [0.15, 0.2) is 53.6 Å². The van der Waals surface area contributed by atoms with Gasteiger partial charge in [-0.25, -0.2) is 13.4 Å². The van der Waals surface area contributed by atoms with Gasteiger partial charge in [0.1, 0.15) is 6.61 Å². The number of nitrogens with zero attached hydrogens (tertiary/aromatic N) is 2. The smallest absolute Gasteiger partial charge is 0.269 e. The zero-order chi connectivity index (χ0) is 20.3. The molecule has 1 N–H and O–H groups in total. The minimum atomic E-state index is -3.33. The van der Waals surface area contributed by atoms with Crippen molar-refractivity contribution in [1.82, 2.24) is 5.01 Å². The van der Waals surface area contributed by atoms with E-state index in [1.54, 1.807) is 24.3 Å². The number of hydrogen-bond acceptors (Lipinski definition) is 5. The number of methoxy groups -OCH3 is 1. The summed E-state index contributed by atoms with van der Waals surface area (Å²) in [6.07, 6.45) is 1.67. The van der Waals surface area contributed by atoms with E-state index in [1.165, 1.54) is 12.1 Å². The molecule has 0 radical (unpaired) electrons. The molecule has 0 spiro atoms. The molecule has 1 amide bonds. The van der Waals surface area contributed by atoms with E-state index in [4.69, 9.17) is 4.74 Å². The average Bonchev–Trinajstić information content (AvgIpc) is 3.07. The van der Waals surface area contributed by atoms with Crippen LogP contribution in [0.1, 0.15) is 29.2 Å². The fourth-order valence-electron chi connectivity index (χ4n) is 3.10. The maximum atomic E-state index is 12.5. The summed E-state index contributed by atoms with van der Waals surface area (Å²) in [6, 6.07) is 14.8.